The van der Waals surface area contributed by atoms with Crippen molar-refractivity contribution in [1.29, 1.82) is 0 Å². The van der Waals surface area contributed by atoms with Crippen LogP contribution in [0.15, 0.2) is 24.3 Å². The van der Waals surface area contributed by atoms with Crippen LogP contribution in [-0.2, 0) is 13.0 Å². The van der Waals surface area contributed by atoms with Gasteiger partial charge in [0.2, 0.25) is 0 Å². The molecule has 0 saturated heterocycles. The van der Waals surface area contributed by atoms with E-state index in [0.29, 0.717) is 6.54 Å². The molecule has 0 fully saturated rings. The van der Waals surface area contributed by atoms with Gasteiger partial charge in [0.1, 0.15) is 0 Å². The minimum absolute atomic E-state index is 0.00880. The first-order valence-electron chi connectivity index (χ1n) is 7.37. The van der Waals surface area contributed by atoms with Gasteiger partial charge in [0, 0.05) is 18.5 Å². The highest BCUT2D eigenvalue weighted by atomic mass is 16.3. The largest absolute Gasteiger partial charge is 0.504 e. The van der Waals surface area contributed by atoms with E-state index in [1.807, 2.05) is 0 Å². The van der Waals surface area contributed by atoms with Gasteiger partial charge < -0.3 is 25.7 Å². The Kier molecular flexibility index (Phi) is 2.74. The molecular weight excluding hydrogens is 282 g/mol. The summed E-state index contributed by atoms with van der Waals surface area (Å²) in [5.41, 5.74) is 3.88. The predicted molar refractivity (Wildman–Crippen MR) is 80.3 cm³/mol. The summed E-state index contributed by atoms with van der Waals surface area (Å²) in [7, 11) is 0. The summed E-state index contributed by atoms with van der Waals surface area (Å²) in [6.45, 7) is 0.643. The van der Waals surface area contributed by atoms with Crippen LogP contribution in [-0.4, -0.2) is 26.5 Å². The van der Waals surface area contributed by atoms with E-state index in [9.17, 15) is 20.4 Å². The Balaban J connectivity index is 1.92. The number of hydrogen-bond donors (Lipinski definition) is 5. The third kappa shape index (κ3) is 1.82. The molecule has 1 aliphatic carbocycles. The summed E-state index contributed by atoms with van der Waals surface area (Å²) in [5, 5.41) is 42.6. The Labute approximate surface area is 127 Å². The van der Waals surface area contributed by atoms with Gasteiger partial charge in [-0.3, -0.25) is 0 Å². The van der Waals surface area contributed by atoms with E-state index in [-0.39, 0.29) is 35.0 Å². The summed E-state index contributed by atoms with van der Waals surface area (Å²) in [4.78, 5) is 0. The quantitative estimate of drug-likeness (QED) is 0.480. The fourth-order valence-corrected chi connectivity index (χ4v) is 3.76. The molecule has 5 nitrogen and oxygen atoms in total. The third-order valence-corrected chi connectivity index (χ3v) is 4.82. The fraction of sp³-hybridized carbons (Fsp3) is 0.294. The van der Waals surface area contributed by atoms with Crippen LogP contribution in [0.4, 0.5) is 0 Å². The Morgan fingerprint density at radius 1 is 0.773 bits per heavy atom. The third-order valence-electron chi connectivity index (χ3n) is 4.82. The second-order valence-electron chi connectivity index (χ2n) is 6.08. The standard InChI is InChI=1S/C17H17NO4/c19-13-3-8-1-2-12-17(10(8)5-15(13)21)11-6-16(22)14(20)4-9(11)7-18-12/h3-6,12,17-22H,1-2,7H2/t12-,17+/m0/s1. The molecule has 2 aromatic rings. The zero-order chi connectivity index (χ0) is 15.4. The van der Waals surface area contributed by atoms with Crippen LogP contribution in [0.1, 0.15) is 34.6 Å². The Morgan fingerprint density at radius 3 is 2.00 bits per heavy atom. The van der Waals surface area contributed by atoms with Gasteiger partial charge in [-0.15, -0.1) is 0 Å². The van der Waals surface area contributed by atoms with Crippen LogP contribution in [0.2, 0.25) is 0 Å². The molecule has 2 atom stereocenters. The molecule has 0 aromatic heterocycles. The van der Waals surface area contributed by atoms with Crippen molar-refractivity contribution in [3.8, 4) is 23.0 Å². The van der Waals surface area contributed by atoms with Crippen LogP contribution in [0, 0.1) is 0 Å². The van der Waals surface area contributed by atoms with Crippen LogP contribution in [0.25, 0.3) is 0 Å². The van der Waals surface area contributed by atoms with Crippen molar-refractivity contribution in [2.75, 3.05) is 0 Å². The molecule has 5 heteroatoms. The second-order valence-corrected chi connectivity index (χ2v) is 6.08. The molecule has 0 spiro atoms. The monoisotopic (exact) mass is 299 g/mol. The van der Waals surface area contributed by atoms with Gasteiger partial charge in [-0.1, -0.05) is 0 Å². The maximum absolute atomic E-state index is 9.85. The Morgan fingerprint density at radius 2 is 1.32 bits per heavy atom. The molecule has 5 N–H and O–H groups in total. The van der Waals surface area contributed by atoms with Crippen molar-refractivity contribution in [2.45, 2.75) is 31.3 Å². The van der Waals surface area contributed by atoms with Gasteiger partial charge in [-0.05, 0) is 59.4 Å². The van der Waals surface area contributed by atoms with Gasteiger partial charge in [0.25, 0.3) is 0 Å². The number of nitrogens with one attached hydrogen (secondary N) is 1. The van der Waals surface area contributed by atoms with Crippen molar-refractivity contribution in [3.05, 3.63) is 46.5 Å². The second kappa shape index (κ2) is 4.55. The number of phenols is 4. The van der Waals surface area contributed by atoms with Gasteiger partial charge in [0.15, 0.2) is 23.0 Å². The van der Waals surface area contributed by atoms with Gasteiger partial charge >= 0.3 is 0 Å². The van der Waals surface area contributed by atoms with Crippen molar-refractivity contribution >= 4 is 0 Å². The van der Waals surface area contributed by atoms with Crippen LogP contribution in [0.5, 0.6) is 23.0 Å². The zero-order valence-electron chi connectivity index (χ0n) is 11.9. The summed E-state index contributed by atoms with van der Waals surface area (Å²) < 4.78 is 0. The van der Waals surface area contributed by atoms with E-state index in [4.69, 9.17) is 0 Å². The summed E-state index contributed by atoms with van der Waals surface area (Å²) in [6, 6.07) is 6.65. The number of aryl methyl sites for hydroxylation is 1. The van der Waals surface area contributed by atoms with Crippen molar-refractivity contribution < 1.29 is 20.4 Å². The molecule has 114 valence electrons. The van der Waals surface area contributed by atoms with Crippen LogP contribution >= 0.6 is 0 Å². The normalized spacial score (nSPS) is 22.5. The van der Waals surface area contributed by atoms with Gasteiger partial charge in [-0.2, -0.15) is 0 Å². The van der Waals surface area contributed by atoms with Gasteiger partial charge in [0.05, 0.1) is 0 Å². The highest BCUT2D eigenvalue weighted by Gasteiger charge is 2.36. The van der Waals surface area contributed by atoms with E-state index < -0.39 is 0 Å². The molecule has 4 rings (SSSR count). The van der Waals surface area contributed by atoms with Crippen molar-refractivity contribution in [1.82, 2.24) is 5.32 Å². The molecule has 0 amide bonds. The number of hydrogen-bond acceptors (Lipinski definition) is 5. The lowest BCUT2D eigenvalue weighted by Crippen LogP contribution is -2.42. The topological polar surface area (TPSA) is 93.0 Å². The van der Waals surface area contributed by atoms with E-state index in [1.54, 1.807) is 24.3 Å². The number of phenolic OH excluding ortho intramolecular Hbond substituents is 4. The average Bonchev–Trinajstić information content (AvgIpc) is 2.49. The predicted octanol–water partition coefficient (Wildman–Crippen LogP) is 2.06. The molecule has 2 aliphatic rings. The van der Waals surface area contributed by atoms with E-state index >= 15 is 0 Å². The van der Waals surface area contributed by atoms with E-state index in [0.717, 1.165) is 35.1 Å². The molecule has 0 unspecified atom stereocenters. The average molecular weight is 299 g/mol. The molecular formula is C17H17NO4. The number of rotatable bonds is 0. The van der Waals surface area contributed by atoms with Gasteiger partial charge in [-0.25, -0.2) is 0 Å². The maximum Gasteiger partial charge on any atom is 0.157 e. The Bertz CT molecular complexity index is 708. The van der Waals surface area contributed by atoms with Crippen molar-refractivity contribution in [3.63, 3.8) is 0 Å². The fourth-order valence-electron chi connectivity index (χ4n) is 3.76. The number of fused-ring (bicyclic) bond motifs is 5. The smallest absolute Gasteiger partial charge is 0.157 e. The van der Waals surface area contributed by atoms with Crippen LogP contribution < -0.4 is 5.32 Å². The summed E-state index contributed by atoms with van der Waals surface area (Å²) >= 11 is 0. The minimum Gasteiger partial charge on any atom is -0.504 e. The lowest BCUT2D eigenvalue weighted by atomic mass is 9.72. The molecule has 0 bridgehead atoms. The molecule has 2 aromatic carbocycles. The van der Waals surface area contributed by atoms with E-state index in [2.05, 4.69) is 5.32 Å². The first-order chi connectivity index (χ1) is 10.5. The number of aromatic hydroxyl groups is 4. The minimum atomic E-state index is -0.130. The zero-order valence-corrected chi connectivity index (χ0v) is 11.9. The molecule has 22 heavy (non-hydrogen) atoms. The number of benzene rings is 2. The van der Waals surface area contributed by atoms with Crippen molar-refractivity contribution in [2.24, 2.45) is 0 Å². The molecule has 0 saturated carbocycles. The first-order valence-corrected chi connectivity index (χ1v) is 7.37. The summed E-state index contributed by atoms with van der Waals surface area (Å²) in [6.07, 6.45) is 1.75. The van der Waals surface area contributed by atoms with E-state index in [1.165, 1.54) is 0 Å². The molecule has 0 radical (unpaired) electrons. The first kappa shape index (κ1) is 13.3. The highest BCUT2D eigenvalue weighted by Crippen LogP contribution is 2.46. The highest BCUT2D eigenvalue weighted by molar-refractivity contribution is 5.56. The lowest BCUT2D eigenvalue weighted by molar-refractivity contribution is 0.372. The summed E-state index contributed by atoms with van der Waals surface area (Å²) in [5.74, 6) is -0.493. The lowest BCUT2D eigenvalue weighted by Gasteiger charge is -2.39. The Hall–Kier alpha value is -2.40. The SMILES string of the molecule is Oc1cc2c(cc1O)[C@@H]1c3cc(O)c(O)cc3CN[C@H]1CC2. The maximum atomic E-state index is 9.85. The molecule has 1 aliphatic heterocycles. The van der Waals surface area contributed by atoms with Crippen LogP contribution in [0.3, 0.4) is 0 Å². The molecule has 1 heterocycles.